The van der Waals surface area contributed by atoms with E-state index in [1.54, 1.807) is 21.0 Å². The van der Waals surface area contributed by atoms with E-state index in [1.165, 1.54) is 17.2 Å². The summed E-state index contributed by atoms with van der Waals surface area (Å²) in [6.07, 6.45) is 1.46. The average molecular weight is 237 g/mol. The van der Waals surface area contributed by atoms with Crippen molar-refractivity contribution in [3.8, 4) is 0 Å². The number of nitrogens with zero attached hydrogens (tertiary/aromatic N) is 2. The van der Waals surface area contributed by atoms with Gasteiger partial charge in [0.05, 0.1) is 23.1 Å². The van der Waals surface area contributed by atoms with Crippen LogP contribution in [0.1, 0.15) is 16.1 Å². The van der Waals surface area contributed by atoms with Crippen LogP contribution in [0.4, 0.5) is 5.69 Å². The minimum Gasteiger partial charge on any atom is -0.452 e. The van der Waals surface area contributed by atoms with Gasteiger partial charge in [-0.05, 0) is 13.0 Å². The van der Waals surface area contributed by atoms with E-state index in [2.05, 4.69) is 4.98 Å². The molecule has 17 heavy (non-hydrogen) atoms. The zero-order valence-electron chi connectivity index (χ0n) is 10.1. The zero-order chi connectivity index (χ0) is 13.0. The quantitative estimate of drug-likeness (QED) is 0.760. The fourth-order valence-electron chi connectivity index (χ4n) is 1.09. The van der Waals surface area contributed by atoms with Gasteiger partial charge in [-0.15, -0.1) is 0 Å². The van der Waals surface area contributed by atoms with Crippen LogP contribution >= 0.6 is 0 Å². The van der Waals surface area contributed by atoms with E-state index in [0.717, 1.165) is 0 Å². The third-order valence-corrected chi connectivity index (χ3v) is 2.15. The summed E-state index contributed by atoms with van der Waals surface area (Å²) in [4.78, 5) is 28.2. The molecule has 6 nitrogen and oxygen atoms in total. The van der Waals surface area contributed by atoms with Crippen molar-refractivity contribution in [2.45, 2.75) is 6.92 Å². The van der Waals surface area contributed by atoms with Gasteiger partial charge in [0, 0.05) is 14.1 Å². The van der Waals surface area contributed by atoms with Gasteiger partial charge in [0.2, 0.25) is 0 Å². The van der Waals surface area contributed by atoms with E-state index in [9.17, 15) is 9.59 Å². The first-order chi connectivity index (χ1) is 7.91. The molecule has 0 spiro atoms. The molecule has 2 N–H and O–H groups in total. The highest BCUT2D eigenvalue weighted by Crippen LogP contribution is 2.10. The number of hydrogen-bond donors (Lipinski definition) is 1. The molecular formula is C11H15N3O3. The van der Waals surface area contributed by atoms with Gasteiger partial charge in [-0.2, -0.15) is 0 Å². The lowest BCUT2D eigenvalue weighted by molar-refractivity contribution is -0.131. The lowest BCUT2D eigenvalue weighted by Crippen LogP contribution is -2.27. The van der Waals surface area contributed by atoms with Crippen LogP contribution in [0.3, 0.4) is 0 Å². The van der Waals surface area contributed by atoms with E-state index in [-0.39, 0.29) is 18.1 Å². The maximum Gasteiger partial charge on any atom is 0.340 e. The van der Waals surface area contributed by atoms with E-state index in [4.69, 9.17) is 10.5 Å². The van der Waals surface area contributed by atoms with Gasteiger partial charge in [0.1, 0.15) is 0 Å². The highest BCUT2D eigenvalue weighted by atomic mass is 16.5. The summed E-state index contributed by atoms with van der Waals surface area (Å²) >= 11 is 0. The number of hydrogen-bond acceptors (Lipinski definition) is 5. The van der Waals surface area contributed by atoms with Crippen molar-refractivity contribution in [2.24, 2.45) is 0 Å². The Bertz CT molecular complexity index is 444. The average Bonchev–Trinajstić information content (AvgIpc) is 2.28. The van der Waals surface area contributed by atoms with Crippen LogP contribution in [0.2, 0.25) is 0 Å². The van der Waals surface area contributed by atoms with Crippen molar-refractivity contribution in [1.29, 1.82) is 0 Å². The van der Waals surface area contributed by atoms with Gasteiger partial charge in [-0.3, -0.25) is 9.78 Å². The fourth-order valence-corrected chi connectivity index (χ4v) is 1.09. The molecule has 6 heteroatoms. The van der Waals surface area contributed by atoms with Crippen molar-refractivity contribution >= 4 is 17.6 Å². The molecule has 1 aromatic rings. The summed E-state index contributed by atoms with van der Waals surface area (Å²) in [7, 11) is 3.17. The molecule has 1 heterocycles. The molecule has 0 aliphatic rings. The monoisotopic (exact) mass is 237 g/mol. The second-order valence-corrected chi connectivity index (χ2v) is 3.77. The van der Waals surface area contributed by atoms with Gasteiger partial charge in [-0.25, -0.2) is 4.79 Å². The maximum absolute atomic E-state index is 11.7. The van der Waals surface area contributed by atoms with Gasteiger partial charge in [0.25, 0.3) is 5.91 Å². The van der Waals surface area contributed by atoms with Gasteiger partial charge < -0.3 is 15.4 Å². The van der Waals surface area contributed by atoms with Gasteiger partial charge >= 0.3 is 5.97 Å². The lowest BCUT2D eigenvalue weighted by Gasteiger charge is -2.11. The molecule has 1 aromatic heterocycles. The van der Waals surface area contributed by atoms with Crippen LogP contribution in [0, 0.1) is 6.92 Å². The highest BCUT2D eigenvalue weighted by Gasteiger charge is 2.14. The van der Waals surface area contributed by atoms with Crippen LogP contribution in [-0.4, -0.2) is 42.5 Å². The van der Waals surface area contributed by atoms with E-state index in [1.807, 2.05) is 0 Å². The molecule has 0 unspecified atom stereocenters. The Labute approximate surface area is 99.4 Å². The molecule has 0 aliphatic carbocycles. The highest BCUT2D eigenvalue weighted by molar-refractivity contribution is 5.93. The molecule has 0 saturated carbocycles. The van der Waals surface area contributed by atoms with Crippen molar-refractivity contribution in [3.63, 3.8) is 0 Å². The Hall–Kier alpha value is -2.11. The van der Waals surface area contributed by atoms with Crippen LogP contribution in [0.15, 0.2) is 12.3 Å². The second kappa shape index (κ2) is 5.29. The normalized spacial score (nSPS) is 9.82. The Morgan fingerprint density at radius 3 is 2.71 bits per heavy atom. The number of nitrogens with two attached hydrogens (primary N) is 1. The standard InChI is InChI=1S/C11H15N3O3/c1-7-9(4-8(12)5-13-7)11(16)17-6-10(15)14(2)3/h4-5H,6,12H2,1-3H3. The molecule has 0 radical (unpaired) electrons. The largest absolute Gasteiger partial charge is 0.452 e. The number of pyridine rings is 1. The summed E-state index contributed by atoms with van der Waals surface area (Å²) in [5.41, 5.74) is 6.69. The summed E-state index contributed by atoms with van der Waals surface area (Å²) in [5, 5.41) is 0. The van der Waals surface area contributed by atoms with Crippen molar-refractivity contribution in [3.05, 3.63) is 23.5 Å². The number of aromatic nitrogens is 1. The van der Waals surface area contributed by atoms with Gasteiger partial charge in [-0.1, -0.05) is 0 Å². The lowest BCUT2D eigenvalue weighted by atomic mass is 10.2. The van der Waals surface area contributed by atoms with Gasteiger partial charge in [0.15, 0.2) is 6.61 Å². The van der Waals surface area contributed by atoms with Crippen LogP contribution in [0.25, 0.3) is 0 Å². The summed E-state index contributed by atoms with van der Waals surface area (Å²) < 4.78 is 4.86. The topological polar surface area (TPSA) is 85.5 Å². The number of ether oxygens (including phenoxy) is 1. The SMILES string of the molecule is Cc1ncc(N)cc1C(=O)OCC(=O)N(C)C. The molecule has 0 bridgehead atoms. The summed E-state index contributed by atoms with van der Waals surface area (Å²) in [5.74, 6) is -0.884. The van der Waals surface area contributed by atoms with E-state index >= 15 is 0 Å². The summed E-state index contributed by atoms with van der Waals surface area (Å²) in [6.45, 7) is 1.38. The van der Waals surface area contributed by atoms with E-state index in [0.29, 0.717) is 11.4 Å². The Balaban J connectivity index is 2.70. The first-order valence-corrected chi connectivity index (χ1v) is 5.01. The third-order valence-electron chi connectivity index (χ3n) is 2.15. The predicted octanol–water partition coefficient (Wildman–Crippen LogP) is 0.217. The number of anilines is 1. The minimum absolute atomic E-state index is 0.275. The number of carbonyl (C=O) groups is 2. The maximum atomic E-state index is 11.7. The first kappa shape index (κ1) is 13.0. The number of carbonyl (C=O) groups excluding carboxylic acids is 2. The van der Waals surface area contributed by atoms with Crippen LogP contribution < -0.4 is 5.73 Å². The van der Waals surface area contributed by atoms with Crippen molar-refractivity contribution < 1.29 is 14.3 Å². The second-order valence-electron chi connectivity index (χ2n) is 3.77. The van der Waals surface area contributed by atoms with Crippen LogP contribution in [0.5, 0.6) is 0 Å². The van der Waals surface area contributed by atoms with Crippen LogP contribution in [-0.2, 0) is 9.53 Å². The molecule has 0 atom stereocenters. The molecule has 0 aliphatic heterocycles. The number of esters is 1. The Morgan fingerprint density at radius 2 is 2.12 bits per heavy atom. The molecule has 0 aromatic carbocycles. The molecular weight excluding hydrogens is 222 g/mol. The number of rotatable bonds is 3. The first-order valence-electron chi connectivity index (χ1n) is 5.01. The Morgan fingerprint density at radius 1 is 1.47 bits per heavy atom. The Kier molecular flexibility index (Phi) is 4.03. The fraction of sp³-hybridized carbons (Fsp3) is 0.364. The number of likely N-dealkylation sites (N-methyl/N-ethyl adjacent to an activating group) is 1. The number of nitrogen functional groups attached to an aromatic ring is 1. The molecule has 0 saturated heterocycles. The number of aryl methyl sites for hydroxylation is 1. The molecule has 1 rings (SSSR count). The minimum atomic E-state index is -0.600. The summed E-state index contributed by atoms with van der Waals surface area (Å²) in [6, 6.07) is 1.48. The molecule has 1 amide bonds. The zero-order valence-corrected chi connectivity index (χ0v) is 10.1. The number of amides is 1. The smallest absolute Gasteiger partial charge is 0.340 e. The van der Waals surface area contributed by atoms with E-state index < -0.39 is 5.97 Å². The predicted molar refractivity (Wildman–Crippen MR) is 62.4 cm³/mol. The van der Waals surface area contributed by atoms with Crippen molar-refractivity contribution in [1.82, 2.24) is 9.88 Å². The third kappa shape index (κ3) is 3.44. The van der Waals surface area contributed by atoms with Crippen molar-refractivity contribution in [2.75, 3.05) is 26.4 Å². The molecule has 0 fully saturated rings. The molecule has 92 valence electrons.